The van der Waals surface area contributed by atoms with Crippen LogP contribution in [0.25, 0.3) is 0 Å². The molecule has 0 spiro atoms. The minimum Gasteiger partial charge on any atom is -0.394 e. The molecule has 22 heavy (non-hydrogen) atoms. The molecule has 0 heterocycles. The van der Waals surface area contributed by atoms with E-state index in [9.17, 15) is 13.5 Å². The Morgan fingerprint density at radius 2 is 1.55 bits per heavy atom. The molecule has 2 aromatic carbocycles. The average molecular weight is 319 g/mol. The number of para-hydroxylation sites is 1. The molecule has 0 saturated carbocycles. The summed E-state index contributed by atoms with van der Waals surface area (Å²) in [7, 11) is -3.72. The van der Waals surface area contributed by atoms with E-state index in [4.69, 9.17) is 0 Å². The van der Waals surface area contributed by atoms with Gasteiger partial charge in [0.25, 0.3) is 10.0 Å². The SMILES string of the molecule is Cc1cc(C)c(S(=O)(=O)N(CCO)c2ccccc2)c(C)c1. The summed E-state index contributed by atoms with van der Waals surface area (Å²) in [6.07, 6.45) is 0. The number of aliphatic hydroxyl groups excluding tert-OH is 1. The molecule has 0 atom stereocenters. The molecular formula is C17H21NO3S. The molecule has 0 aromatic heterocycles. The number of aryl methyl sites for hydroxylation is 3. The Morgan fingerprint density at radius 3 is 2.05 bits per heavy atom. The van der Waals surface area contributed by atoms with E-state index in [1.54, 1.807) is 38.1 Å². The second-order valence-electron chi connectivity index (χ2n) is 5.36. The van der Waals surface area contributed by atoms with Crippen LogP contribution in [0.1, 0.15) is 16.7 Å². The first-order chi connectivity index (χ1) is 10.4. The van der Waals surface area contributed by atoms with E-state index in [2.05, 4.69) is 0 Å². The highest BCUT2D eigenvalue weighted by Gasteiger charge is 2.27. The Kier molecular flexibility index (Phi) is 4.88. The fraction of sp³-hybridized carbons (Fsp3) is 0.294. The van der Waals surface area contributed by atoms with Crippen molar-refractivity contribution in [2.24, 2.45) is 0 Å². The van der Waals surface area contributed by atoms with E-state index >= 15 is 0 Å². The zero-order valence-electron chi connectivity index (χ0n) is 13.1. The number of benzene rings is 2. The third-order valence-corrected chi connectivity index (χ3v) is 5.63. The maximum absolute atomic E-state index is 13.1. The van der Waals surface area contributed by atoms with Gasteiger partial charge < -0.3 is 5.11 Å². The van der Waals surface area contributed by atoms with Gasteiger partial charge in [-0.25, -0.2) is 8.42 Å². The van der Waals surface area contributed by atoms with Gasteiger partial charge in [-0.2, -0.15) is 0 Å². The van der Waals surface area contributed by atoms with Crippen LogP contribution < -0.4 is 4.31 Å². The zero-order chi connectivity index (χ0) is 16.3. The van der Waals surface area contributed by atoms with Crippen molar-refractivity contribution in [1.82, 2.24) is 0 Å². The van der Waals surface area contributed by atoms with Gasteiger partial charge in [0.2, 0.25) is 0 Å². The molecule has 0 saturated heterocycles. The number of nitrogens with zero attached hydrogens (tertiary/aromatic N) is 1. The van der Waals surface area contributed by atoms with Crippen LogP contribution >= 0.6 is 0 Å². The Hall–Kier alpha value is -1.85. The molecule has 0 aliphatic carbocycles. The fourth-order valence-corrected chi connectivity index (χ4v) is 4.63. The van der Waals surface area contributed by atoms with Crippen molar-refractivity contribution in [1.29, 1.82) is 0 Å². The molecule has 4 nitrogen and oxygen atoms in total. The highest BCUT2D eigenvalue weighted by molar-refractivity contribution is 7.93. The van der Waals surface area contributed by atoms with Crippen molar-refractivity contribution in [3.05, 3.63) is 59.2 Å². The van der Waals surface area contributed by atoms with Crippen LogP contribution in [0.3, 0.4) is 0 Å². The number of aliphatic hydroxyl groups is 1. The summed E-state index contributed by atoms with van der Waals surface area (Å²) in [5.74, 6) is 0. The van der Waals surface area contributed by atoms with E-state index in [0.29, 0.717) is 10.6 Å². The van der Waals surface area contributed by atoms with E-state index in [-0.39, 0.29) is 13.2 Å². The van der Waals surface area contributed by atoms with Crippen molar-refractivity contribution < 1.29 is 13.5 Å². The second kappa shape index (κ2) is 6.50. The Morgan fingerprint density at radius 1 is 1.00 bits per heavy atom. The van der Waals surface area contributed by atoms with Gasteiger partial charge in [-0.3, -0.25) is 4.31 Å². The smallest absolute Gasteiger partial charge is 0.264 e. The zero-order valence-corrected chi connectivity index (χ0v) is 13.9. The van der Waals surface area contributed by atoms with Gasteiger partial charge in [-0.15, -0.1) is 0 Å². The predicted molar refractivity (Wildman–Crippen MR) is 88.7 cm³/mol. The summed E-state index contributed by atoms with van der Waals surface area (Å²) in [6.45, 7) is 5.33. The molecule has 1 N–H and O–H groups in total. The number of rotatable bonds is 5. The third-order valence-electron chi connectivity index (χ3n) is 3.50. The summed E-state index contributed by atoms with van der Waals surface area (Å²) in [6, 6.07) is 12.6. The molecule has 0 aliphatic heterocycles. The van der Waals surface area contributed by atoms with Gasteiger partial charge in [0.15, 0.2) is 0 Å². The normalized spacial score (nSPS) is 11.5. The van der Waals surface area contributed by atoms with Crippen molar-refractivity contribution in [3.63, 3.8) is 0 Å². The van der Waals surface area contributed by atoms with E-state index in [1.165, 1.54) is 4.31 Å². The van der Waals surface area contributed by atoms with Crippen molar-refractivity contribution >= 4 is 15.7 Å². The summed E-state index contributed by atoms with van der Waals surface area (Å²) in [4.78, 5) is 0.315. The molecule has 0 radical (unpaired) electrons. The molecule has 118 valence electrons. The lowest BCUT2D eigenvalue weighted by molar-refractivity contribution is 0.306. The number of hydrogen-bond donors (Lipinski definition) is 1. The number of anilines is 1. The van der Waals surface area contributed by atoms with Crippen LogP contribution in [0.4, 0.5) is 5.69 Å². The molecule has 0 amide bonds. The van der Waals surface area contributed by atoms with Crippen LogP contribution in [-0.2, 0) is 10.0 Å². The van der Waals surface area contributed by atoms with Gasteiger partial charge in [0, 0.05) is 0 Å². The van der Waals surface area contributed by atoms with Crippen LogP contribution in [0.5, 0.6) is 0 Å². The summed E-state index contributed by atoms with van der Waals surface area (Å²) < 4.78 is 27.4. The van der Waals surface area contributed by atoms with Crippen molar-refractivity contribution in [3.8, 4) is 0 Å². The standard InChI is InChI=1S/C17H21NO3S/c1-13-11-14(2)17(15(3)12-13)22(20,21)18(9-10-19)16-7-5-4-6-8-16/h4-8,11-12,19H,9-10H2,1-3H3. The predicted octanol–water partition coefficient (Wildman–Crippen LogP) is 2.80. The van der Waals surface area contributed by atoms with Crippen LogP contribution in [0.2, 0.25) is 0 Å². The lowest BCUT2D eigenvalue weighted by atomic mass is 10.1. The lowest BCUT2D eigenvalue weighted by Crippen LogP contribution is -2.34. The summed E-state index contributed by atoms with van der Waals surface area (Å²) in [5.41, 5.74) is 3.02. The van der Waals surface area contributed by atoms with E-state index < -0.39 is 10.0 Å². The second-order valence-corrected chi connectivity index (χ2v) is 7.16. The minimum absolute atomic E-state index is 0.0269. The highest BCUT2D eigenvalue weighted by atomic mass is 32.2. The van der Waals surface area contributed by atoms with Gasteiger partial charge in [0.05, 0.1) is 23.7 Å². The fourth-order valence-electron chi connectivity index (χ4n) is 2.76. The molecule has 0 aliphatic rings. The molecular weight excluding hydrogens is 298 g/mol. The first-order valence-electron chi connectivity index (χ1n) is 7.14. The summed E-state index contributed by atoms with van der Waals surface area (Å²) in [5, 5.41) is 9.28. The van der Waals surface area contributed by atoms with Gasteiger partial charge in [-0.1, -0.05) is 35.9 Å². The molecule has 2 rings (SSSR count). The first-order valence-corrected chi connectivity index (χ1v) is 8.58. The third kappa shape index (κ3) is 3.15. The van der Waals surface area contributed by atoms with E-state index in [0.717, 1.165) is 16.7 Å². The van der Waals surface area contributed by atoms with Crippen molar-refractivity contribution in [2.45, 2.75) is 25.7 Å². The molecule has 2 aromatic rings. The van der Waals surface area contributed by atoms with Crippen LogP contribution in [-0.4, -0.2) is 26.7 Å². The van der Waals surface area contributed by atoms with Gasteiger partial charge >= 0.3 is 0 Å². The largest absolute Gasteiger partial charge is 0.394 e. The molecule has 0 fully saturated rings. The van der Waals surface area contributed by atoms with Gasteiger partial charge in [0.1, 0.15) is 0 Å². The maximum Gasteiger partial charge on any atom is 0.264 e. The first kappa shape index (κ1) is 16.5. The Bertz CT molecular complexity index is 732. The topological polar surface area (TPSA) is 57.6 Å². The monoisotopic (exact) mass is 319 g/mol. The Balaban J connectivity index is 2.61. The van der Waals surface area contributed by atoms with Crippen molar-refractivity contribution in [2.75, 3.05) is 17.5 Å². The lowest BCUT2D eigenvalue weighted by Gasteiger charge is -2.25. The number of sulfonamides is 1. The molecule has 5 heteroatoms. The summed E-state index contributed by atoms with van der Waals surface area (Å²) >= 11 is 0. The quantitative estimate of drug-likeness (QED) is 0.922. The minimum atomic E-state index is -3.72. The Labute approximate surface area is 132 Å². The maximum atomic E-state index is 13.1. The average Bonchev–Trinajstić information content (AvgIpc) is 2.44. The number of hydrogen-bond acceptors (Lipinski definition) is 3. The van der Waals surface area contributed by atoms with Crippen LogP contribution in [0.15, 0.2) is 47.4 Å². The molecule has 0 unspecified atom stereocenters. The van der Waals surface area contributed by atoms with Gasteiger partial charge in [-0.05, 0) is 44.0 Å². The molecule has 0 bridgehead atoms. The van der Waals surface area contributed by atoms with E-state index in [1.807, 2.05) is 25.1 Å². The highest BCUT2D eigenvalue weighted by Crippen LogP contribution is 2.28. The van der Waals surface area contributed by atoms with Crippen LogP contribution in [0, 0.1) is 20.8 Å².